The number of ether oxygens (including phenoxy) is 2. The summed E-state index contributed by atoms with van der Waals surface area (Å²) in [5, 5.41) is 0.662. The highest BCUT2D eigenvalue weighted by atomic mass is 35.5. The van der Waals surface area contributed by atoms with Gasteiger partial charge in [0.15, 0.2) is 0 Å². The third-order valence-corrected chi connectivity index (χ3v) is 4.88. The number of benzene rings is 2. The number of allylic oxidation sites excluding steroid dienone is 1. The Labute approximate surface area is 171 Å². The highest BCUT2D eigenvalue weighted by Crippen LogP contribution is 2.35. The lowest BCUT2D eigenvalue weighted by Gasteiger charge is -2.24. The van der Waals surface area contributed by atoms with Crippen LogP contribution in [0.2, 0.25) is 5.02 Å². The van der Waals surface area contributed by atoms with Crippen LogP contribution in [-0.4, -0.2) is 18.7 Å². The van der Waals surface area contributed by atoms with Gasteiger partial charge in [-0.05, 0) is 35.3 Å². The summed E-state index contributed by atoms with van der Waals surface area (Å²) in [5.41, 5.74) is 2.90. The van der Waals surface area contributed by atoms with Crippen molar-refractivity contribution >= 4 is 29.1 Å². The summed E-state index contributed by atoms with van der Waals surface area (Å²) in [7, 11) is 0. The van der Waals surface area contributed by atoms with E-state index in [1.54, 1.807) is 6.92 Å². The van der Waals surface area contributed by atoms with Crippen LogP contribution in [0.3, 0.4) is 0 Å². The van der Waals surface area contributed by atoms with Gasteiger partial charge >= 0.3 is 11.9 Å². The number of hydrogen-bond donors (Lipinski definition) is 0. The predicted molar refractivity (Wildman–Crippen MR) is 111 cm³/mol. The number of carbonyl (C=O) groups is 2. The maximum absolute atomic E-state index is 12.5. The number of esters is 2. The van der Waals surface area contributed by atoms with Crippen molar-refractivity contribution in [2.24, 2.45) is 5.92 Å². The SMILES string of the molecule is C=C(CC(c1ccccc1)C(C)C(=O)OCOC(=O)CC)c1ccc(Cl)cc1. The Hall–Kier alpha value is -2.59. The van der Waals surface area contributed by atoms with E-state index in [2.05, 4.69) is 6.58 Å². The molecule has 0 fully saturated rings. The van der Waals surface area contributed by atoms with E-state index in [4.69, 9.17) is 21.1 Å². The van der Waals surface area contributed by atoms with Crippen molar-refractivity contribution in [1.82, 2.24) is 0 Å². The van der Waals surface area contributed by atoms with Crippen LogP contribution in [0.1, 0.15) is 43.7 Å². The van der Waals surface area contributed by atoms with Gasteiger partial charge in [0, 0.05) is 17.4 Å². The molecule has 0 bridgehead atoms. The summed E-state index contributed by atoms with van der Waals surface area (Å²) in [6, 6.07) is 17.3. The Bertz CT molecular complexity index is 799. The molecule has 2 rings (SSSR count). The van der Waals surface area contributed by atoms with Gasteiger partial charge in [-0.15, -0.1) is 0 Å². The quantitative estimate of drug-likeness (QED) is 0.405. The first-order valence-corrected chi connectivity index (χ1v) is 9.61. The summed E-state index contributed by atoms with van der Waals surface area (Å²) in [5.74, 6) is -1.39. The van der Waals surface area contributed by atoms with Crippen LogP contribution in [0.15, 0.2) is 61.2 Å². The molecule has 0 aliphatic carbocycles. The van der Waals surface area contributed by atoms with Crippen molar-refractivity contribution in [2.45, 2.75) is 32.6 Å². The van der Waals surface area contributed by atoms with Crippen LogP contribution in [0.25, 0.3) is 5.57 Å². The van der Waals surface area contributed by atoms with Gasteiger partial charge in [-0.1, -0.05) is 74.5 Å². The highest BCUT2D eigenvalue weighted by Gasteiger charge is 2.28. The van der Waals surface area contributed by atoms with E-state index in [-0.39, 0.29) is 19.1 Å². The Morgan fingerprint density at radius 3 is 2.29 bits per heavy atom. The fraction of sp³-hybridized carbons (Fsp3) is 0.304. The van der Waals surface area contributed by atoms with E-state index in [0.29, 0.717) is 11.4 Å². The lowest BCUT2D eigenvalue weighted by molar-refractivity contribution is -0.170. The van der Waals surface area contributed by atoms with Gasteiger partial charge in [-0.25, -0.2) is 0 Å². The van der Waals surface area contributed by atoms with Crippen molar-refractivity contribution in [3.05, 3.63) is 77.3 Å². The van der Waals surface area contributed by atoms with Crippen LogP contribution < -0.4 is 0 Å². The zero-order valence-corrected chi connectivity index (χ0v) is 16.9. The van der Waals surface area contributed by atoms with Crippen LogP contribution in [-0.2, 0) is 19.1 Å². The first-order valence-electron chi connectivity index (χ1n) is 9.23. The number of hydrogen-bond acceptors (Lipinski definition) is 4. The Balaban J connectivity index is 2.13. The van der Waals surface area contributed by atoms with Gasteiger partial charge in [-0.2, -0.15) is 0 Å². The van der Waals surface area contributed by atoms with Crippen molar-refractivity contribution in [1.29, 1.82) is 0 Å². The number of halogens is 1. The van der Waals surface area contributed by atoms with Gasteiger partial charge < -0.3 is 9.47 Å². The van der Waals surface area contributed by atoms with E-state index in [0.717, 1.165) is 16.7 Å². The summed E-state index contributed by atoms with van der Waals surface area (Å²) in [6.45, 7) is 7.33. The molecular weight excluding hydrogens is 376 g/mol. The third-order valence-electron chi connectivity index (χ3n) is 4.63. The standard InChI is InChI=1S/C23H25ClO4/c1-4-22(25)27-15-28-23(26)17(3)21(19-8-6-5-7-9-19)14-16(2)18-10-12-20(24)13-11-18/h5-13,17,21H,2,4,14-15H2,1,3H3. The molecule has 0 aliphatic rings. The molecule has 0 amide bonds. The molecule has 0 saturated carbocycles. The monoisotopic (exact) mass is 400 g/mol. The zero-order valence-electron chi connectivity index (χ0n) is 16.2. The first-order chi connectivity index (χ1) is 13.4. The minimum absolute atomic E-state index is 0.126. The molecule has 148 valence electrons. The largest absolute Gasteiger partial charge is 0.428 e. The fourth-order valence-electron chi connectivity index (χ4n) is 2.90. The van der Waals surface area contributed by atoms with Crippen molar-refractivity contribution < 1.29 is 19.1 Å². The molecule has 0 radical (unpaired) electrons. The lowest BCUT2D eigenvalue weighted by Crippen LogP contribution is -2.24. The molecule has 0 aromatic heterocycles. The second-order valence-corrected chi connectivity index (χ2v) is 7.01. The highest BCUT2D eigenvalue weighted by molar-refractivity contribution is 6.30. The minimum Gasteiger partial charge on any atom is -0.428 e. The average molecular weight is 401 g/mol. The van der Waals surface area contributed by atoms with Crippen LogP contribution in [0.4, 0.5) is 0 Å². The van der Waals surface area contributed by atoms with E-state index >= 15 is 0 Å². The van der Waals surface area contributed by atoms with Crippen molar-refractivity contribution in [3.63, 3.8) is 0 Å². The number of carbonyl (C=O) groups excluding carboxylic acids is 2. The maximum atomic E-state index is 12.5. The molecule has 0 N–H and O–H groups in total. The first kappa shape index (κ1) is 21.7. The molecule has 2 aromatic carbocycles. The van der Waals surface area contributed by atoms with Crippen molar-refractivity contribution in [2.75, 3.05) is 6.79 Å². The topological polar surface area (TPSA) is 52.6 Å². The molecule has 0 spiro atoms. The zero-order chi connectivity index (χ0) is 20.5. The molecule has 0 aliphatic heterocycles. The Morgan fingerprint density at radius 2 is 1.68 bits per heavy atom. The summed E-state index contributed by atoms with van der Waals surface area (Å²) < 4.78 is 10.00. The molecule has 0 heterocycles. The summed E-state index contributed by atoms with van der Waals surface area (Å²) in [4.78, 5) is 23.7. The van der Waals surface area contributed by atoms with Gasteiger partial charge in [0.1, 0.15) is 0 Å². The summed E-state index contributed by atoms with van der Waals surface area (Å²) >= 11 is 5.96. The van der Waals surface area contributed by atoms with Gasteiger partial charge in [-0.3, -0.25) is 9.59 Å². The van der Waals surface area contributed by atoms with E-state index in [1.807, 2.05) is 61.5 Å². The van der Waals surface area contributed by atoms with Gasteiger partial charge in [0.2, 0.25) is 6.79 Å². The smallest absolute Gasteiger partial charge is 0.312 e. The van der Waals surface area contributed by atoms with Crippen molar-refractivity contribution in [3.8, 4) is 0 Å². The molecule has 28 heavy (non-hydrogen) atoms. The molecular formula is C23H25ClO4. The normalized spacial score (nSPS) is 12.7. The second-order valence-electron chi connectivity index (χ2n) is 6.57. The molecule has 2 unspecified atom stereocenters. The van der Waals surface area contributed by atoms with Gasteiger partial charge in [0.05, 0.1) is 5.92 Å². The second kappa shape index (κ2) is 10.7. The van der Waals surface area contributed by atoms with E-state index in [1.165, 1.54) is 0 Å². The van der Waals surface area contributed by atoms with Crippen LogP contribution >= 0.6 is 11.6 Å². The maximum Gasteiger partial charge on any atom is 0.312 e. The third kappa shape index (κ3) is 6.24. The fourth-order valence-corrected chi connectivity index (χ4v) is 3.03. The molecule has 0 saturated heterocycles. The van der Waals surface area contributed by atoms with Gasteiger partial charge in [0.25, 0.3) is 0 Å². The summed E-state index contributed by atoms with van der Waals surface area (Å²) in [6.07, 6.45) is 0.817. The molecule has 5 heteroatoms. The van der Waals surface area contributed by atoms with Crippen LogP contribution in [0, 0.1) is 5.92 Å². The predicted octanol–water partition coefficient (Wildman–Crippen LogP) is 5.62. The lowest BCUT2D eigenvalue weighted by atomic mass is 9.81. The Morgan fingerprint density at radius 1 is 1.04 bits per heavy atom. The molecule has 2 atom stereocenters. The Kier molecular flexibility index (Phi) is 8.27. The minimum atomic E-state index is -0.438. The van der Waals surface area contributed by atoms with E-state index in [9.17, 15) is 9.59 Å². The molecule has 4 nitrogen and oxygen atoms in total. The van der Waals surface area contributed by atoms with Crippen LogP contribution in [0.5, 0.6) is 0 Å². The molecule has 2 aromatic rings. The van der Waals surface area contributed by atoms with E-state index < -0.39 is 17.9 Å². The number of rotatable bonds is 9. The average Bonchev–Trinajstić information content (AvgIpc) is 2.72.